The molecule has 0 radical (unpaired) electrons. The SMILES string of the molecule is CC/C=C/CCCCCCCCCCCCCO[C@H](CO)[C@H]1OC[C@H](O)[C@H]1O. The van der Waals surface area contributed by atoms with Crippen LogP contribution in [-0.2, 0) is 9.47 Å². The molecule has 0 bridgehead atoms. The van der Waals surface area contributed by atoms with E-state index in [4.69, 9.17) is 9.47 Å². The smallest absolute Gasteiger partial charge is 0.114 e. The van der Waals surface area contributed by atoms with Crippen molar-refractivity contribution in [3.8, 4) is 0 Å². The van der Waals surface area contributed by atoms with E-state index in [-0.39, 0.29) is 13.2 Å². The van der Waals surface area contributed by atoms with E-state index in [2.05, 4.69) is 19.1 Å². The Morgan fingerprint density at radius 3 is 1.96 bits per heavy atom. The van der Waals surface area contributed by atoms with Crippen molar-refractivity contribution >= 4 is 0 Å². The van der Waals surface area contributed by atoms with Crippen LogP contribution in [0.3, 0.4) is 0 Å². The Labute approximate surface area is 172 Å². The second kappa shape index (κ2) is 17.4. The first-order valence-corrected chi connectivity index (χ1v) is 11.6. The first-order valence-electron chi connectivity index (χ1n) is 11.6. The van der Waals surface area contributed by atoms with Gasteiger partial charge in [-0.05, 0) is 25.7 Å². The highest BCUT2D eigenvalue weighted by Crippen LogP contribution is 2.20. The quantitative estimate of drug-likeness (QED) is 0.238. The lowest BCUT2D eigenvalue weighted by Gasteiger charge is -2.24. The average Bonchev–Trinajstić information content (AvgIpc) is 3.03. The minimum absolute atomic E-state index is 0.0992. The maximum atomic E-state index is 9.83. The molecule has 5 heteroatoms. The highest BCUT2D eigenvalue weighted by atomic mass is 16.6. The number of rotatable bonds is 18. The molecule has 0 aromatic rings. The Balaban J connectivity index is 1.84. The van der Waals surface area contributed by atoms with Gasteiger partial charge in [-0.1, -0.05) is 76.9 Å². The van der Waals surface area contributed by atoms with Crippen molar-refractivity contribution in [2.75, 3.05) is 19.8 Å². The van der Waals surface area contributed by atoms with Gasteiger partial charge in [0.1, 0.15) is 24.4 Å². The first-order chi connectivity index (χ1) is 13.7. The number of hydrogen-bond acceptors (Lipinski definition) is 5. The number of aliphatic hydroxyl groups excluding tert-OH is 3. The molecular formula is C23H44O5. The third-order valence-electron chi connectivity index (χ3n) is 5.49. The van der Waals surface area contributed by atoms with Crippen molar-refractivity contribution in [1.29, 1.82) is 0 Å². The van der Waals surface area contributed by atoms with E-state index >= 15 is 0 Å². The van der Waals surface area contributed by atoms with E-state index in [1.54, 1.807) is 0 Å². The molecule has 28 heavy (non-hydrogen) atoms. The van der Waals surface area contributed by atoms with Crippen LogP contribution >= 0.6 is 0 Å². The molecule has 1 saturated heterocycles. The van der Waals surface area contributed by atoms with Crippen LogP contribution in [0.25, 0.3) is 0 Å². The summed E-state index contributed by atoms with van der Waals surface area (Å²) in [6.07, 6.45) is 18.0. The van der Waals surface area contributed by atoms with Gasteiger partial charge in [0.15, 0.2) is 0 Å². The van der Waals surface area contributed by atoms with Gasteiger partial charge in [-0.3, -0.25) is 0 Å². The predicted molar refractivity (Wildman–Crippen MR) is 113 cm³/mol. The summed E-state index contributed by atoms with van der Waals surface area (Å²) < 4.78 is 11.0. The molecule has 1 fully saturated rings. The number of unbranched alkanes of at least 4 members (excludes halogenated alkanes) is 11. The fourth-order valence-corrected chi connectivity index (χ4v) is 3.68. The highest BCUT2D eigenvalue weighted by molar-refractivity contribution is 4.88. The molecule has 1 heterocycles. The standard InChI is InChI=1S/C23H44O5/c1-2-3-4-5-6-7-8-9-10-11-12-13-14-15-16-17-27-21(18-24)23-22(26)20(25)19-28-23/h3-4,20-26H,2,5-19H2,1H3/b4-3+/t20-,21+,22+,23+/m0/s1. The topological polar surface area (TPSA) is 79.2 Å². The van der Waals surface area contributed by atoms with Crippen molar-refractivity contribution in [1.82, 2.24) is 0 Å². The average molecular weight is 401 g/mol. The maximum Gasteiger partial charge on any atom is 0.114 e. The predicted octanol–water partition coefficient (Wildman–Crippen LogP) is 4.13. The van der Waals surface area contributed by atoms with E-state index in [9.17, 15) is 15.3 Å². The fraction of sp³-hybridized carbons (Fsp3) is 0.913. The maximum absolute atomic E-state index is 9.83. The molecule has 1 aliphatic heterocycles. The van der Waals surface area contributed by atoms with E-state index in [0.717, 1.165) is 19.3 Å². The molecule has 0 aromatic heterocycles. The highest BCUT2D eigenvalue weighted by Gasteiger charge is 2.40. The molecule has 0 unspecified atom stereocenters. The molecule has 166 valence electrons. The Hall–Kier alpha value is -0.460. The number of aliphatic hydroxyl groups is 3. The minimum atomic E-state index is -0.977. The van der Waals surface area contributed by atoms with Crippen LogP contribution in [0.1, 0.15) is 90.4 Å². The van der Waals surface area contributed by atoms with Crippen LogP contribution in [0, 0.1) is 0 Å². The van der Waals surface area contributed by atoms with Gasteiger partial charge in [0.05, 0.1) is 13.2 Å². The lowest BCUT2D eigenvalue weighted by atomic mass is 10.0. The molecule has 5 nitrogen and oxygen atoms in total. The monoisotopic (exact) mass is 400 g/mol. The van der Waals surface area contributed by atoms with Gasteiger partial charge in [0.25, 0.3) is 0 Å². The molecule has 0 spiro atoms. The molecule has 0 saturated carbocycles. The molecule has 1 aliphatic rings. The van der Waals surface area contributed by atoms with Crippen LogP contribution in [0.5, 0.6) is 0 Å². The summed E-state index contributed by atoms with van der Waals surface area (Å²) in [5.41, 5.74) is 0. The van der Waals surface area contributed by atoms with Crippen molar-refractivity contribution in [2.24, 2.45) is 0 Å². The van der Waals surface area contributed by atoms with Crippen LogP contribution in [0.15, 0.2) is 12.2 Å². The van der Waals surface area contributed by atoms with E-state index in [1.165, 1.54) is 64.2 Å². The number of allylic oxidation sites excluding steroid dienone is 2. The van der Waals surface area contributed by atoms with Gasteiger partial charge < -0.3 is 24.8 Å². The lowest BCUT2D eigenvalue weighted by molar-refractivity contribution is -0.101. The summed E-state index contributed by atoms with van der Waals surface area (Å²) in [5.74, 6) is 0. The van der Waals surface area contributed by atoms with E-state index in [0.29, 0.717) is 6.61 Å². The Morgan fingerprint density at radius 2 is 1.46 bits per heavy atom. The van der Waals surface area contributed by atoms with Crippen LogP contribution in [-0.4, -0.2) is 59.6 Å². The normalized spacial score (nSPS) is 23.6. The van der Waals surface area contributed by atoms with Gasteiger partial charge in [0.2, 0.25) is 0 Å². The molecule has 1 rings (SSSR count). The zero-order valence-electron chi connectivity index (χ0n) is 17.9. The molecular weight excluding hydrogens is 356 g/mol. The lowest BCUT2D eigenvalue weighted by Crippen LogP contribution is -2.42. The second-order valence-electron chi connectivity index (χ2n) is 8.01. The molecule has 0 amide bonds. The van der Waals surface area contributed by atoms with Gasteiger partial charge in [0, 0.05) is 6.61 Å². The largest absolute Gasteiger partial charge is 0.394 e. The van der Waals surface area contributed by atoms with Crippen LogP contribution < -0.4 is 0 Å². The van der Waals surface area contributed by atoms with Gasteiger partial charge in [-0.2, -0.15) is 0 Å². The van der Waals surface area contributed by atoms with Crippen molar-refractivity contribution in [3.63, 3.8) is 0 Å². The zero-order valence-corrected chi connectivity index (χ0v) is 17.9. The van der Waals surface area contributed by atoms with E-state index in [1.807, 2.05) is 0 Å². The zero-order chi connectivity index (χ0) is 20.5. The number of hydrogen-bond donors (Lipinski definition) is 3. The summed E-state index contributed by atoms with van der Waals surface area (Å²) in [6.45, 7) is 2.63. The first kappa shape index (κ1) is 25.6. The van der Waals surface area contributed by atoms with Crippen molar-refractivity contribution in [3.05, 3.63) is 12.2 Å². The van der Waals surface area contributed by atoms with Gasteiger partial charge in [-0.25, -0.2) is 0 Å². The Kier molecular flexibility index (Phi) is 15.9. The molecule has 4 atom stereocenters. The number of ether oxygens (including phenoxy) is 2. The third-order valence-corrected chi connectivity index (χ3v) is 5.49. The van der Waals surface area contributed by atoms with Crippen LogP contribution in [0.2, 0.25) is 0 Å². The second-order valence-corrected chi connectivity index (χ2v) is 8.01. The minimum Gasteiger partial charge on any atom is -0.394 e. The van der Waals surface area contributed by atoms with Crippen LogP contribution in [0.4, 0.5) is 0 Å². The molecule has 0 aliphatic carbocycles. The van der Waals surface area contributed by atoms with Crippen molar-refractivity contribution in [2.45, 2.75) is 115 Å². The summed E-state index contributed by atoms with van der Waals surface area (Å²) in [5, 5.41) is 28.8. The summed E-state index contributed by atoms with van der Waals surface area (Å²) >= 11 is 0. The summed E-state index contributed by atoms with van der Waals surface area (Å²) in [6, 6.07) is 0. The molecule has 3 N–H and O–H groups in total. The Morgan fingerprint density at radius 1 is 0.893 bits per heavy atom. The molecule has 0 aromatic carbocycles. The van der Waals surface area contributed by atoms with E-state index < -0.39 is 24.4 Å². The van der Waals surface area contributed by atoms with Crippen molar-refractivity contribution < 1.29 is 24.8 Å². The van der Waals surface area contributed by atoms with Gasteiger partial charge >= 0.3 is 0 Å². The third kappa shape index (κ3) is 11.5. The fourth-order valence-electron chi connectivity index (χ4n) is 3.68. The summed E-state index contributed by atoms with van der Waals surface area (Å²) in [7, 11) is 0. The van der Waals surface area contributed by atoms with Gasteiger partial charge in [-0.15, -0.1) is 0 Å². The summed E-state index contributed by atoms with van der Waals surface area (Å²) in [4.78, 5) is 0. The Bertz CT molecular complexity index is 374.